The summed E-state index contributed by atoms with van der Waals surface area (Å²) in [4.78, 5) is 21.6. The van der Waals surface area contributed by atoms with Crippen molar-refractivity contribution in [3.05, 3.63) is 53.3 Å². The van der Waals surface area contributed by atoms with Gasteiger partial charge in [0.2, 0.25) is 11.9 Å². The number of nitrogens with zero attached hydrogens (tertiary/aromatic N) is 3. The summed E-state index contributed by atoms with van der Waals surface area (Å²) >= 11 is 0. The fraction of sp³-hybridized carbons (Fsp3) is 0.421. The van der Waals surface area contributed by atoms with E-state index < -0.39 is 11.9 Å². The van der Waals surface area contributed by atoms with Crippen LogP contribution in [-0.2, 0) is 17.5 Å². The molecule has 0 spiro atoms. The molecule has 0 atom stereocenters. The molecule has 1 aliphatic rings. The van der Waals surface area contributed by atoms with Crippen LogP contribution in [-0.4, -0.2) is 29.0 Å². The number of nitrogens with one attached hydrogen (secondary N) is 1. The van der Waals surface area contributed by atoms with Crippen molar-refractivity contribution in [1.82, 2.24) is 15.3 Å². The molecule has 27 heavy (non-hydrogen) atoms. The third kappa shape index (κ3) is 4.96. The molecule has 5 nitrogen and oxygen atoms in total. The third-order valence-electron chi connectivity index (χ3n) is 4.67. The summed E-state index contributed by atoms with van der Waals surface area (Å²) in [7, 11) is 0. The van der Waals surface area contributed by atoms with Crippen molar-refractivity contribution < 1.29 is 18.0 Å². The minimum Gasteiger partial charge on any atom is -0.352 e. The van der Waals surface area contributed by atoms with E-state index >= 15 is 0 Å². The molecule has 0 aliphatic carbocycles. The van der Waals surface area contributed by atoms with E-state index in [4.69, 9.17) is 0 Å². The highest BCUT2D eigenvalue weighted by Crippen LogP contribution is 2.29. The summed E-state index contributed by atoms with van der Waals surface area (Å²) in [6.45, 7) is 3.37. The highest BCUT2D eigenvalue weighted by molar-refractivity contribution is 5.78. The Kier molecular flexibility index (Phi) is 5.62. The number of piperidine rings is 1. The first-order chi connectivity index (χ1) is 12.8. The molecule has 0 radical (unpaired) electrons. The number of aryl methyl sites for hydroxylation is 1. The van der Waals surface area contributed by atoms with Gasteiger partial charge in [-0.25, -0.2) is 9.97 Å². The number of halogens is 3. The lowest BCUT2D eigenvalue weighted by Gasteiger charge is -2.31. The predicted octanol–water partition coefficient (Wildman–Crippen LogP) is 3.34. The van der Waals surface area contributed by atoms with Crippen molar-refractivity contribution >= 4 is 11.9 Å². The normalized spacial score (nSPS) is 15.6. The lowest BCUT2D eigenvalue weighted by molar-refractivity contribution is -0.141. The summed E-state index contributed by atoms with van der Waals surface area (Å²) < 4.78 is 38.4. The topological polar surface area (TPSA) is 58.1 Å². The molecule has 0 saturated carbocycles. The molecular formula is C19H21F3N4O. The molecule has 2 aromatic rings. The highest BCUT2D eigenvalue weighted by atomic mass is 19.4. The number of rotatable bonds is 4. The fourth-order valence-electron chi connectivity index (χ4n) is 3.04. The number of hydrogen-bond acceptors (Lipinski definition) is 4. The Balaban J connectivity index is 1.52. The van der Waals surface area contributed by atoms with E-state index in [0.29, 0.717) is 32.5 Å². The molecule has 1 amide bonds. The van der Waals surface area contributed by atoms with Crippen molar-refractivity contribution in [2.45, 2.75) is 32.5 Å². The van der Waals surface area contributed by atoms with Crippen LogP contribution in [0.5, 0.6) is 0 Å². The summed E-state index contributed by atoms with van der Waals surface area (Å²) in [5.74, 6) is -0.124. The Morgan fingerprint density at radius 2 is 1.85 bits per heavy atom. The second kappa shape index (κ2) is 7.94. The number of alkyl halides is 3. The van der Waals surface area contributed by atoms with Crippen LogP contribution in [0.4, 0.5) is 19.1 Å². The van der Waals surface area contributed by atoms with Crippen LogP contribution in [0.3, 0.4) is 0 Å². The van der Waals surface area contributed by atoms with Gasteiger partial charge in [-0.1, -0.05) is 29.8 Å². The first-order valence-electron chi connectivity index (χ1n) is 8.81. The molecule has 0 unspecified atom stereocenters. The van der Waals surface area contributed by atoms with Gasteiger partial charge in [0.1, 0.15) is 5.69 Å². The molecule has 3 rings (SSSR count). The van der Waals surface area contributed by atoms with Gasteiger partial charge in [0.15, 0.2) is 0 Å². The Morgan fingerprint density at radius 1 is 1.19 bits per heavy atom. The van der Waals surface area contributed by atoms with Crippen LogP contribution in [0, 0.1) is 12.8 Å². The predicted molar refractivity (Wildman–Crippen MR) is 95.0 cm³/mol. The summed E-state index contributed by atoms with van der Waals surface area (Å²) in [5.41, 5.74) is 1.24. The first kappa shape index (κ1) is 19.1. The van der Waals surface area contributed by atoms with Crippen molar-refractivity contribution in [2.75, 3.05) is 18.0 Å². The summed E-state index contributed by atoms with van der Waals surface area (Å²) in [6.07, 6.45) is -2.27. The molecule has 1 N–H and O–H groups in total. The largest absolute Gasteiger partial charge is 0.433 e. The molecule has 1 aromatic carbocycles. The maximum absolute atomic E-state index is 12.8. The molecule has 1 aliphatic heterocycles. The van der Waals surface area contributed by atoms with Crippen LogP contribution in [0.15, 0.2) is 36.5 Å². The van der Waals surface area contributed by atoms with E-state index in [2.05, 4.69) is 15.3 Å². The van der Waals surface area contributed by atoms with Gasteiger partial charge in [-0.15, -0.1) is 0 Å². The van der Waals surface area contributed by atoms with Gasteiger partial charge < -0.3 is 10.2 Å². The quantitative estimate of drug-likeness (QED) is 0.887. The van der Waals surface area contributed by atoms with Gasteiger partial charge in [-0.3, -0.25) is 4.79 Å². The molecule has 144 valence electrons. The summed E-state index contributed by atoms with van der Waals surface area (Å²) in [5, 5.41) is 2.93. The number of carbonyl (C=O) groups is 1. The van der Waals surface area contributed by atoms with Gasteiger partial charge in [0.05, 0.1) is 0 Å². The number of amides is 1. The van der Waals surface area contributed by atoms with Crippen LogP contribution in [0.1, 0.15) is 29.7 Å². The van der Waals surface area contributed by atoms with Crippen molar-refractivity contribution in [3.8, 4) is 0 Å². The summed E-state index contributed by atoms with van der Waals surface area (Å²) in [6, 6.07) is 8.80. The zero-order valence-electron chi connectivity index (χ0n) is 15.0. The number of aromatic nitrogens is 2. The smallest absolute Gasteiger partial charge is 0.352 e. The van der Waals surface area contributed by atoms with Crippen molar-refractivity contribution in [3.63, 3.8) is 0 Å². The van der Waals surface area contributed by atoms with E-state index in [9.17, 15) is 18.0 Å². The maximum Gasteiger partial charge on any atom is 0.433 e. The second-order valence-corrected chi connectivity index (χ2v) is 6.70. The highest BCUT2D eigenvalue weighted by Gasteiger charge is 2.34. The minimum absolute atomic E-state index is 0.0276. The second-order valence-electron chi connectivity index (χ2n) is 6.70. The molecule has 1 fully saturated rings. The van der Waals surface area contributed by atoms with Crippen molar-refractivity contribution in [1.29, 1.82) is 0 Å². The van der Waals surface area contributed by atoms with E-state index in [0.717, 1.165) is 23.4 Å². The van der Waals surface area contributed by atoms with E-state index in [-0.39, 0.29) is 17.8 Å². The maximum atomic E-state index is 12.8. The van der Waals surface area contributed by atoms with Gasteiger partial charge in [-0.05, 0) is 31.4 Å². The third-order valence-corrected chi connectivity index (χ3v) is 4.67. The molecule has 0 bridgehead atoms. The van der Waals surface area contributed by atoms with Gasteiger partial charge >= 0.3 is 6.18 Å². The molecule has 2 heterocycles. The Bertz CT molecular complexity index is 784. The Hall–Kier alpha value is -2.64. The average Bonchev–Trinajstić information content (AvgIpc) is 2.67. The molecular weight excluding hydrogens is 357 g/mol. The fourth-order valence-corrected chi connectivity index (χ4v) is 3.04. The standard InChI is InChI=1S/C19H21F3N4O/c1-13-2-4-14(5-3-13)12-24-17(27)15-7-10-26(11-8-15)18-23-9-6-16(25-18)19(20,21)22/h2-6,9,15H,7-8,10-12H2,1H3,(H,24,27). The monoisotopic (exact) mass is 378 g/mol. The van der Waals surface area contributed by atoms with Crippen LogP contribution in [0.25, 0.3) is 0 Å². The molecule has 1 saturated heterocycles. The SMILES string of the molecule is Cc1ccc(CNC(=O)C2CCN(c3nccc(C(F)(F)F)n3)CC2)cc1. The van der Waals surface area contributed by atoms with Crippen LogP contribution in [0.2, 0.25) is 0 Å². The Labute approximate surface area is 155 Å². The van der Waals surface area contributed by atoms with E-state index in [1.54, 1.807) is 4.90 Å². The first-order valence-corrected chi connectivity index (χ1v) is 8.81. The van der Waals surface area contributed by atoms with Crippen LogP contribution >= 0.6 is 0 Å². The van der Waals surface area contributed by atoms with E-state index in [1.807, 2.05) is 31.2 Å². The lowest BCUT2D eigenvalue weighted by atomic mass is 9.96. The lowest BCUT2D eigenvalue weighted by Crippen LogP contribution is -2.41. The number of carbonyl (C=O) groups excluding carboxylic acids is 1. The minimum atomic E-state index is -4.49. The Morgan fingerprint density at radius 3 is 2.48 bits per heavy atom. The van der Waals surface area contributed by atoms with Gasteiger partial charge in [-0.2, -0.15) is 13.2 Å². The van der Waals surface area contributed by atoms with E-state index in [1.165, 1.54) is 0 Å². The van der Waals surface area contributed by atoms with Gasteiger partial charge in [0, 0.05) is 31.7 Å². The zero-order chi connectivity index (χ0) is 19.4. The van der Waals surface area contributed by atoms with Crippen LogP contribution < -0.4 is 10.2 Å². The number of benzene rings is 1. The number of hydrogen-bond donors (Lipinski definition) is 1. The molecule has 1 aromatic heterocycles. The zero-order valence-corrected chi connectivity index (χ0v) is 15.0. The average molecular weight is 378 g/mol. The van der Waals surface area contributed by atoms with Crippen molar-refractivity contribution in [2.24, 2.45) is 5.92 Å². The number of anilines is 1. The van der Waals surface area contributed by atoms with Gasteiger partial charge in [0.25, 0.3) is 0 Å². The molecule has 8 heteroatoms.